The minimum atomic E-state index is -4.94. The predicted molar refractivity (Wildman–Crippen MR) is 232 cm³/mol. The number of rotatable bonds is 37. The van der Waals surface area contributed by atoms with E-state index in [-0.39, 0.29) is 56.0 Å². The number of nitrogens with zero attached hydrogens (tertiary/aromatic N) is 1. The van der Waals surface area contributed by atoms with Gasteiger partial charge in [0.2, 0.25) is 0 Å². The van der Waals surface area contributed by atoms with Gasteiger partial charge in [-0.05, 0) is 57.1 Å². The van der Waals surface area contributed by atoms with Gasteiger partial charge in [0.25, 0.3) is 19.6 Å². The average molecular weight is 850 g/mol. The van der Waals surface area contributed by atoms with E-state index >= 15 is 0 Å². The summed E-state index contributed by atoms with van der Waals surface area (Å²) in [6.45, 7) is 2.56. The maximum absolute atomic E-state index is 12.8. The first-order valence-corrected chi connectivity index (χ1v) is 24.0. The van der Waals surface area contributed by atoms with Gasteiger partial charge < -0.3 is 23.4 Å². The van der Waals surface area contributed by atoms with Crippen molar-refractivity contribution in [2.75, 3.05) is 26.4 Å². The zero-order valence-corrected chi connectivity index (χ0v) is 38.0. The second kappa shape index (κ2) is 35.8. The van der Waals surface area contributed by atoms with Crippen LogP contribution in [0.25, 0.3) is 0 Å². The molecule has 0 aromatic heterocycles. The molecule has 0 bridgehead atoms. The van der Waals surface area contributed by atoms with Crippen LogP contribution in [0.2, 0.25) is 0 Å². The van der Waals surface area contributed by atoms with Crippen LogP contribution in [0.3, 0.4) is 0 Å². The summed E-state index contributed by atoms with van der Waals surface area (Å²) in [5.41, 5.74) is 0.483. The molecule has 332 valence electrons. The Morgan fingerprint density at radius 1 is 0.650 bits per heavy atom. The van der Waals surface area contributed by atoms with Gasteiger partial charge in [-0.1, -0.05) is 159 Å². The van der Waals surface area contributed by atoms with Crippen molar-refractivity contribution in [3.8, 4) is 0 Å². The van der Waals surface area contributed by atoms with Crippen LogP contribution in [0, 0.1) is 0 Å². The molecule has 0 spiro atoms. The number of hydrogen-bond donors (Lipinski definition) is 0. The quantitative estimate of drug-likeness (QED) is 0.0160. The molecule has 1 heterocycles. The van der Waals surface area contributed by atoms with Crippen LogP contribution in [-0.4, -0.2) is 61.1 Å². The Morgan fingerprint density at radius 2 is 1.13 bits per heavy atom. The van der Waals surface area contributed by atoms with Gasteiger partial charge in [0, 0.05) is 12.8 Å². The van der Waals surface area contributed by atoms with Crippen molar-refractivity contribution in [2.24, 2.45) is 0 Å². The molecule has 1 aliphatic rings. The molecule has 0 aliphatic carbocycles. The van der Waals surface area contributed by atoms with Crippen molar-refractivity contribution in [1.29, 1.82) is 0 Å². The van der Waals surface area contributed by atoms with Crippen LogP contribution in [0.15, 0.2) is 60.7 Å². The number of allylic oxidation sites excluding steroid dienone is 6. The fourth-order valence-electron chi connectivity index (χ4n) is 6.69. The fraction of sp³-hybridized carbons (Fsp3) is 0.660. The third-order valence-corrected chi connectivity index (χ3v) is 11.1. The first-order valence-electron chi connectivity index (χ1n) is 22.5. The normalized spacial score (nSPS) is 14.2. The Labute approximate surface area is 373 Å². The number of imide groups is 1. The summed E-state index contributed by atoms with van der Waals surface area (Å²) in [6, 6.07) is 6.34. The number of phosphoric acid groups is 1. The maximum Gasteiger partial charge on any atom is 1.00 e. The number of carbonyl (C=O) groups is 4. The molecule has 2 amide bonds. The number of amides is 2. The molecular weight excluding hydrogens is 776 g/mol. The van der Waals surface area contributed by atoms with E-state index in [1.807, 2.05) is 0 Å². The number of fused-ring (bicyclic) bond motifs is 1. The molecule has 2 atom stereocenters. The van der Waals surface area contributed by atoms with E-state index in [1.165, 1.54) is 69.9 Å². The zero-order chi connectivity index (χ0) is 42.8. The van der Waals surface area contributed by atoms with Crippen molar-refractivity contribution in [3.63, 3.8) is 0 Å². The van der Waals surface area contributed by atoms with E-state index in [4.69, 9.17) is 18.5 Å². The number of carbonyl (C=O) groups excluding carboxylic acids is 4. The van der Waals surface area contributed by atoms with Crippen molar-refractivity contribution in [3.05, 3.63) is 71.8 Å². The number of esters is 2. The van der Waals surface area contributed by atoms with E-state index in [2.05, 4.69) is 50.3 Å². The van der Waals surface area contributed by atoms with Crippen molar-refractivity contribution < 1.29 is 66.0 Å². The van der Waals surface area contributed by atoms with Gasteiger partial charge in [-0.25, -0.2) is 0 Å². The monoisotopic (exact) mass is 850 g/mol. The summed E-state index contributed by atoms with van der Waals surface area (Å²) in [5.74, 6) is -2.07. The van der Waals surface area contributed by atoms with E-state index in [0.29, 0.717) is 12.8 Å². The van der Waals surface area contributed by atoms with Gasteiger partial charge in [0.05, 0.1) is 30.9 Å². The van der Waals surface area contributed by atoms with Gasteiger partial charge in [-0.15, -0.1) is 0 Å². The number of benzene rings is 1. The van der Waals surface area contributed by atoms with Crippen LogP contribution in [0.4, 0.5) is 0 Å². The van der Waals surface area contributed by atoms with Crippen LogP contribution < -0.4 is 23.8 Å². The minimum Gasteiger partial charge on any atom is -0.756 e. The second-order valence-electron chi connectivity index (χ2n) is 15.3. The Balaban J connectivity index is 0.0000180. The molecule has 0 saturated carbocycles. The summed E-state index contributed by atoms with van der Waals surface area (Å²) < 4.78 is 33.5. The zero-order valence-electron chi connectivity index (χ0n) is 37.1. The molecule has 0 radical (unpaired) electrons. The largest absolute Gasteiger partial charge is 1.00 e. The van der Waals surface area contributed by atoms with E-state index in [0.717, 1.165) is 75.5 Å². The van der Waals surface area contributed by atoms with E-state index in [9.17, 15) is 28.6 Å². The number of ether oxygens (including phenoxy) is 2. The topological polar surface area (TPSA) is 149 Å². The fourth-order valence-corrected chi connectivity index (χ4v) is 7.42. The van der Waals surface area contributed by atoms with Crippen LogP contribution in [-0.2, 0) is 32.7 Å². The van der Waals surface area contributed by atoms with E-state index < -0.39 is 50.9 Å². The van der Waals surface area contributed by atoms with Gasteiger partial charge in [-0.3, -0.25) is 28.6 Å². The first kappa shape index (κ1) is 55.2. The van der Waals surface area contributed by atoms with Crippen LogP contribution >= 0.6 is 7.82 Å². The molecule has 60 heavy (non-hydrogen) atoms. The molecular formula is C47H73LiNO10P. The Hall–Kier alpha value is -2.77. The Kier molecular flexibility index (Phi) is 32.9. The Bertz CT molecular complexity index is 1450. The third kappa shape index (κ3) is 26.5. The van der Waals surface area contributed by atoms with Gasteiger partial charge in [0.15, 0.2) is 6.10 Å². The molecule has 0 fully saturated rings. The number of phosphoric ester groups is 1. The summed E-state index contributed by atoms with van der Waals surface area (Å²) in [5, 5.41) is 0. The van der Waals surface area contributed by atoms with Crippen molar-refractivity contribution in [1.82, 2.24) is 4.90 Å². The molecule has 11 nitrogen and oxygen atoms in total. The SMILES string of the molecule is CC/C=C\C/C=C\C/C=C\CCCCCCCC(=O)OC[C@@H](COP(=O)([O-])OCCN1C(=O)c2ccccc2C1=O)OC(=O)CCCCCCCCCCCCCCC.[Li+]. The van der Waals surface area contributed by atoms with Crippen molar-refractivity contribution in [2.45, 2.75) is 174 Å². The molecule has 0 N–H and O–H groups in total. The standard InChI is InChI=1S/C47H74NO10P.Li/c1-3-5-7-9-11-13-15-17-18-20-21-23-25-27-29-35-44(49)55-39-41(58-45(50)36-30-28-26-24-22-19-16-14-12-10-8-6-4-2)40-57-59(53,54)56-38-37-48-46(51)42-33-31-32-34-43(42)47(48)52;/h5,7,11,13,17-18,31-34,41H,3-4,6,8-10,12,14-16,19-30,35-40H2,1-2H3,(H,53,54);/q;+1/p-1/b7-5-,13-11-,18-17-;/t41-;/m0./s1. The number of hydrogen-bond acceptors (Lipinski definition) is 10. The molecule has 13 heteroatoms. The smallest absolute Gasteiger partial charge is 0.756 e. The molecule has 0 saturated heterocycles. The molecule has 1 aromatic rings. The minimum absolute atomic E-state index is 0. The van der Waals surface area contributed by atoms with Gasteiger partial charge >= 0.3 is 30.8 Å². The van der Waals surface area contributed by atoms with Gasteiger partial charge in [-0.2, -0.15) is 0 Å². The summed E-state index contributed by atoms with van der Waals surface area (Å²) in [6.07, 6.45) is 36.2. The molecule has 1 aromatic carbocycles. The maximum atomic E-state index is 12.8. The average Bonchev–Trinajstić information content (AvgIpc) is 3.46. The molecule has 1 aliphatic heterocycles. The summed E-state index contributed by atoms with van der Waals surface area (Å²) >= 11 is 0. The third-order valence-electron chi connectivity index (χ3n) is 10.1. The molecule has 1 unspecified atom stereocenters. The second-order valence-corrected chi connectivity index (χ2v) is 16.7. The summed E-state index contributed by atoms with van der Waals surface area (Å²) in [4.78, 5) is 64.0. The molecule has 2 rings (SSSR count). The van der Waals surface area contributed by atoms with Crippen molar-refractivity contribution >= 4 is 31.6 Å². The van der Waals surface area contributed by atoms with Gasteiger partial charge in [0.1, 0.15) is 6.61 Å². The Morgan fingerprint density at radius 3 is 1.68 bits per heavy atom. The van der Waals surface area contributed by atoms with Crippen LogP contribution in [0.1, 0.15) is 189 Å². The predicted octanol–water partition coefficient (Wildman–Crippen LogP) is 8.31. The number of unbranched alkanes of at least 4 members (excludes halogenated alkanes) is 17. The summed E-state index contributed by atoms with van der Waals surface area (Å²) in [7, 11) is -4.94. The van der Waals surface area contributed by atoms with E-state index in [1.54, 1.807) is 12.1 Å². The first-order chi connectivity index (χ1) is 28.7. The van der Waals surface area contributed by atoms with Crippen LogP contribution in [0.5, 0.6) is 0 Å².